The maximum atomic E-state index is 12.3. The van der Waals surface area contributed by atoms with Gasteiger partial charge in [0, 0.05) is 31.1 Å². The van der Waals surface area contributed by atoms with E-state index in [9.17, 15) is 18.0 Å². The zero-order chi connectivity index (χ0) is 22.8. The Morgan fingerprint density at radius 3 is 2.45 bits per heavy atom. The Balaban J connectivity index is 1.56. The van der Waals surface area contributed by atoms with Gasteiger partial charge in [-0.3, -0.25) is 9.48 Å². The van der Waals surface area contributed by atoms with E-state index in [4.69, 9.17) is 0 Å². The van der Waals surface area contributed by atoms with Crippen LogP contribution in [0, 0.1) is 20.8 Å². The van der Waals surface area contributed by atoms with E-state index in [1.54, 1.807) is 16.8 Å². The Morgan fingerprint density at radius 2 is 1.81 bits per heavy atom. The number of fused-ring (bicyclic) bond motifs is 1. The van der Waals surface area contributed by atoms with Crippen molar-refractivity contribution in [3.8, 4) is 5.75 Å². The molecule has 2 heterocycles. The number of alkyl halides is 3. The molecule has 6 nitrogen and oxygen atoms in total. The fraction of sp³-hybridized carbons (Fsp3) is 0.409. The Morgan fingerprint density at radius 1 is 1.13 bits per heavy atom. The summed E-state index contributed by atoms with van der Waals surface area (Å²) in [6.45, 7) is 4.87. The second kappa shape index (κ2) is 8.95. The van der Waals surface area contributed by atoms with Gasteiger partial charge in [0.25, 0.3) is 0 Å². The number of carbonyl (C=O) groups excluding carboxylic acids is 1. The van der Waals surface area contributed by atoms with Crippen LogP contribution >= 0.6 is 0 Å². The van der Waals surface area contributed by atoms with E-state index in [1.165, 1.54) is 12.1 Å². The van der Waals surface area contributed by atoms with Gasteiger partial charge in [0.05, 0.1) is 5.69 Å². The lowest BCUT2D eigenvalue weighted by molar-refractivity contribution is -0.153. The molecule has 0 fully saturated rings. The number of aromatic nitrogens is 3. The number of rotatable bonds is 7. The van der Waals surface area contributed by atoms with E-state index in [0.29, 0.717) is 12.8 Å². The SMILES string of the molecule is Cc1nc2c(c(C)nn2C)c(C)c1CCC(=O)NCc1ccc(OCC(F)(F)F)cc1. The zero-order valence-corrected chi connectivity index (χ0v) is 17.9. The van der Waals surface area contributed by atoms with E-state index < -0.39 is 12.8 Å². The number of halogens is 3. The monoisotopic (exact) mass is 434 g/mol. The number of carbonyl (C=O) groups is 1. The molecule has 0 aliphatic heterocycles. The smallest absolute Gasteiger partial charge is 0.422 e. The number of amides is 1. The third-order valence-corrected chi connectivity index (χ3v) is 5.15. The summed E-state index contributed by atoms with van der Waals surface area (Å²) in [6, 6.07) is 6.17. The zero-order valence-electron chi connectivity index (χ0n) is 17.9. The molecule has 31 heavy (non-hydrogen) atoms. The average Bonchev–Trinajstić information content (AvgIpc) is 2.98. The quantitative estimate of drug-likeness (QED) is 0.608. The first kappa shape index (κ1) is 22.6. The molecule has 0 unspecified atom stereocenters. The Hall–Kier alpha value is -3.10. The summed E-state index contributed by atoms with van der Waals surface area (Å²) in [4.78, 5) is 17.0. The molecule has 166 valence electrons. The largest absolute Gasteiger partial charge is 0.484 e. The van der Waals surface area contributed by atoms with Crippen LogP contribution in [0.4, 0.5) is 13.2 Å². The molecule has 1 aromatic carbocycles. The van der Waals surface area contributed by atoms with Crippen LogP contribution in [-0.2, 0) is 24.8 Å². The predicted octanol–water partition coefficient (Wildman–Crippen LogP) is 4.08. The van der Waals surface area contributed by atoms with Crippen molar-refractivity contribution >= 4 is 16.9 Å². The van der Waals surface area contributed by atoms with E-state index in [-0.39, 0.29) is 18.2 Å². The molecule has 9 heteroatoms. The lowest BCUT2D eigenvalue weighted by Crippen LogP contribution is -2.23. The summed E-state index contributed by atoms with van der Waals surface area (Å²) in [7, 11) is 1.86. The highest BCUT2D eigenvalue weighted by Crippen LogP contribution is 2.26. The Bertz CT molecular complexity index is 1090. The fourth-order valence-electron chi connectivity index (χ4n) is 3.63. The molecule has 0 aliphatic rings. The van der Waals surface area contributed by atoms with Gasteiger partial charge in [-0.05, 0) is 56.0 Å². The topological polar surface area (TPSA) is 69.0 Å². The van der Waals surface area contributed by atoms with Crippen LogP contribution in [0.2, 0.25) is 0 Å². The second-order valence-corrected chi connectivity index (χ2v) is 7.53. The lowest BCUT2D eigenvalue weighted by Gasteiger charge is -2.12. The molecular formula is C22H25F3N4O2. The highest BCUT2D eigenvalue weighted by atomic mass is 19.4. The molecule has 0 spiro atoms. The first-order valence-electron chi connectivity index (χ1n) is 9.89. The fourth-order valence-corrected chi connectivity index (χ4v) is 3.63. The summed E-state index contributed by atoms with van der Waals surface area (Å²) in [5.41, 5.74) is 5.55. The summed E-state index contributed by atoms with van der Waals surface area (Å²) in [6.07, 6.45) is -3.51. The second-order valence-electron chi connectivity index (χ2n) is 7.53. The molecule has 0 atom stereocenters. The predicted molar refractivity (Wildman–Crippen MR) is 111 cm³/mol. The van der Waals surface area contributed by atoms with Crippen LogP contribution < -0.4 is 10.1 Å². The van der Waals surface area contributed by atoms with Crippen molar-refractivity contribution in [2.75, 3.05) is 6.61 Å². The number of benzene rings is 1. The molecule has 1 amide bonds. The van der Waals surface area contributed by atoms with E-state index >= 15 is 0 Å². The van der Waals surface area contributed by atoms with E-state index in [1.807, 2.05) is 27.8 Å². The van der Waals surface area contributed by atoms with Crippen molar-refractivity contribution in [2.45, 2.75) is 46.3 Å². The van der Waals surface area contributed by atoms with Gasteiger partial charge >= 0.3 is 6.18 Å². The summed E-state index contributed by atoms with van der Waals surface area (Å²) in [5, 5.41) is 8.30. The molecule has 0 saturated heterocycles. The van der Waals surface area contributed by atoms with Crippen LogP contribution in [0.1, 0.15) is 34.5 Å². The molecule has 0 saturated carbocycles. The van der Waals surface area contributed by atoms with Gasteiger partial charge in [0.1, 0.15) is 5.75 Å². The average molecular weight is 434 g/mol. The van der Waals surface area contributed by atoms with Crippen molar-refractivity contribution < 1.29 is 22.7 Å². The summed E-state index contributed by atoms with van der Waals surface area (Å²) in [5.74, 6) is 0.0196. The molecule has 0 aliphatic carbocycles. The van der Waals surface area contributed by atoms with Crippen LogP contribution in [0.25, 0.3) is 11.0 Å². The van der Waals surface area contributed by atoms with Crippen molar-refractivity contribution in [2.24, 2.45) is 7.05 Å². The summed E-state index contributed by atoms with van der Waals surface area (Å²) >= 11 is 0. The third kappa shape index (κ3) is 5.53. The van der Waals surface area contributed by atoms with Crippen molar-refractivity contribution in [3.05, 3.63) is 52.3 Å². The van der Waals surface area contributed by atoms with Crippen LogP contribution in [0.15, 0.2) is 24.3 Å². The van der Waals surface area contributed by atoms with Gasteiger partial charge in [-0.25, -0.2) is 4.98 Å². The lowest BCUT2D eigenvalue weighted by atomic mass is 9.99. The van der Waals surface area contributed by atoms with Crippen LogP contribution in [0.5, 0.6) is 5.75 Å². The number of hydrogen-bond donors (Lipinski definition) is 1. The standard InChI is InChI=1S/C22H25F3N4O2/c1-13-18(14(2)27-21-20(13)15(3)28-29(21)4)9-10-19(30)26-11-16-5-7-17(8-6-16)31-12-22(23,24)25/h5-8H,9-12H2,1-4H3,(H,26,30). The maximum Gasteiger partial charge on any atom is 0.422 e. The van der Waals surface area contributed by atoms with Gasteiger partial charge in [0.2, 0.25) is 5.91 Å². The Kier molecular flexibility index (Phi) is 6.52. The first-order valence-corrected chi connectivity index (χ1v) is 9.89. The number of pyridine rings is 1. The number of ether oxygens (including phenoxy) is 1. The Labute approximate surface area is 178 Å². The minimum Gasteiger partial charge on any atom is -0.484 e. The van der Waals surface area contributed by atoms with Gasteiger partial charge < -0.3 is 10.1 Å². The molecule has 0 bridgehead atoms. The molecular weight excluding hydrogens is 409 g/mol. The van der Waals surface area contributed by atoms with Gasteiger partial charge in [-0.15, -0.1) is 0 Å². The third-order valence-electron chi connectivity index (χ3n) is 5.15. The van der Waals surface area contributed by atoms with Gasteiger partial charge in [-0.1, -0.05) is 12.1 Å². The normalized spacial score (nSPS) is 11.7. The molecule has 1 N–H and O–H groups in total. The minimum absolute atomic E-state index is 0.112. The number of nitrogens with one attached hydrogen (secondary N) is 1. The first-order chi connectivity index (χ1) is 14.5. The number of nitrogens with zero attached hydrogens (tertiary/aromatic N) is 3. The molecule has 3 rings (SSSR count). The maximum absolute atomic E-state index is 12.3. The van der Waals surface area contributed by atoms with Crippen molar-refractivity contribution in [3.63, 3.8) is 0 Å². The summed E-state index contributed by atoms with van der Waals surface area (Å²) < 4.78 is 43.0. The molecule has 3 aromatic rings. The highest BCUT2D eigenvalue weighted by molar-refractivity contribution is 5.84. The number of aryl methyl sites for hydroxylation is 4. The van der Waals surface area contributed by atoms with E-state index in [0.717, 1.165) is 39.1 Å². The molecule has 0 radical (unpaired) electrons. The van der Waals surface area contributed by atoms with Crippen molar-refractivity contribution in [1.82, 2.24) is 20.1 Å². The molecule has 2 aromatic heterocycles. The number of hydrogen-bond acceptors (Lipinski definition) is 4. The van der Waals surface area contributed by atoms with Gasteiger partial charge in [-0.2, -0.15) is 18.3 Å². The van der Waals surface area contributed by atoms with Crippen LogP contribution in [-0.4, -0.2) is 33.5 Å². The van der Waals surface area contributed by atoms with E-state index in [2.05, 4.69) is 20.1 Å². The van der Waals surface area contributed by atoms with Crippen molar-refractivity contribution in [1.29, 1.82) is 0 Å². The van der Waals surface area contributed by atoms with Crippen LogP contribution in [0.3, 0.4) is 0 Å². The van der Waals surface area contributed by atoms with Gasteiger partial charge in [0.15, 0.2) is 12.3 Å². The highest BCUT2D eigenvalue weighted by Gasteiger charge is 2.28. The minimum atomic E-state index is -4.38.